The second-order valence-corrected chi connectivity index (χ2v) is 6.80. The van der Waals surface area contributed by atoms with Gasteiger partial charge in [0, 0.05) is 11.4 Å². The van der Waals surface area contributed by atoms with E-state index in [-0.39, 0.29) is 10.2 Å². The van der Waals surface area contributed by atoms with Crippen molar-refractivity contribution in [2.75, 3.05) is 4.72 Å². The molecule has 0 spiro atoms. The van der Waals surface area contributed by atoms with Gasteiger partial charge in [0.25, 0.3) is 10.0 Å². The first-order valence-corrected chi connectivity index (χ1v) is 7.56. The lowest BCUT2D eigenvalue weighted by molar-refractivity contribution is 0.602. The van der Waals surface area contributed by atoms with E-state index in [0.29, 0.717) is 16.3 Å². The van der Waals surface area contributed by atoms with Gasteiger partial charge < -0.3 is 0 Å². The minimum absolute atomic E-state index is 0.0319. The van der Waals surface area contributed by atoms with E-state index in [1.165, 1.54) is 12.1 Å². The highest BCUT2D eigenvalue weighted by molar-refractivity contribution is 7.94. The second-order valence-electron chi connectivity index (χ2n) is 3.81. The summed E-state index contributed by atoms with van der Waals surface area (Å²) in [7, 11) is -3.74. The summed E-state index contributed by atoms with van der Waals surface area (Å²) in [5.74, 6) is 0.0319. The Morgan fingerprint density at radius 3 is 2.42 bits per heavy atom. The lowest BCUT2D eigenvalue weighted by Crippen LogP contribution is -2.14. The molecule has 0 aliphatic rings. The second kappa shape index (κ2) is 4.95. The van der Waals surface area contributed by atoms with E-state index < -0.39 is 10.0 Å². The number of nitriles is 1. The molecule has 0 aromatic carbocycles. The Morgan fingerprint density at radius 2 is 1.89 bits per heavy atom. The molecular weight excluding hydrogens is 284 g/mol. The number of thiophene rings is 1. The summed E-state index contributed by atoms with van der Waals surface area (Å²) in [6.45, 7) is 3.51. The summed E-state index contributed by atoms with van der Waals surface area (Å²) < 4.78 is 26.5. The van der Waals surface area contributed by atoms with Crippen molar-refractivity contribution in [3.05, 3.63) is 34.5 Å². The van der Waals surface area contributed by atoms with Crippen molar-refractivity contribution >= 4 is 27.3 Å². The fourth-order valence-electron chi connectivity index (χ4n) is 1.47. The van der Waals surface area contributed by atoms with Crippen molar-refractivity contribution in [1.29, 1.82) is 5.26 Å². The van der Waals surface area contributed by atoms with Crippen molar-refractivity contribution in [3.8, 4) is 6.07 Å². The number of rotatable bonds is 3. The van der Waals surface area contributed by atoms with Gasteiger partial charge in [-0.2, -0.15) is 5.26 Å². The summed E-state index contributed by atoms with van der Waals surface area (Å²) in [6.07, 6.45) is 0. The van der Waals surface area contributed by atoms with Crippen LogP contribution in [0.15, 0.2) is 22.4 Å². The zero-order chi connectivity index (χ0) is 14.0. The zero-order valence-electron chi connectivity index (χ0n) is 10.2. The van der Waals surface area contributed by atoms with Crippen molar-refractivity contribution < 1.29 is 8.42 Å². The Morgan fingerprint density at radius 1 is 1.26 bits per heavy atom. The van der Waals surface area contributed by atoms with E-state index >= 15 is 0 Å². The standard InChI is InChI=1S/C11H10N4O2S2/c1-7-5-8(2)14-11(13-7)15-19(16,17)10-4-3-9(6-12)18-10/h3-5H,1-2H3,(H,13,14,15). The first kappa shape index (κ1) is 13.5. The van der Waals surface area contributed by atoms with Crippen LogP contribution in [-0.2, 0) is 10.0 Å². The normalized spacial score (nSPS) is 11.0. The van der Waals surface area contributed by atoms with Crippen LogP contribution >= 0.6 is 11.3 Å². The molecule has 2 aromatic rings. The third-order valence-electron chi connectivity index (χ3n) is 2.16. The number of anilines is 1. The number of nitrogens with one attached hydrogen (secondary N) is 1. The predicted molar refractivity (Wildman–Crippen MR) is 71.3 cm³/mol. The number of hydrogen-bond acceptors (Lipinski definition) is 6. The molecule has 0 atom stereocenters. The van der Waals surface area contributed by atoms with Gasteiger partial charge in [0.2, 0.25) is 5.95 Å². The Bertz CT molecular complexity index is 739. The molecule has 0 amide bonds. The van der Waals surface area contributed by atoms with Gasteiger partial charge in [0.05, 0.1) is 0 Å². The minimum Gasteiger partial charge on any atom is -0.246 e. The van der Waals surface area contributed by atoms with Crippen LogP contribution in [0.3, 0.4) is 0 Å². The summed E-state index contributed by atoms with van der Waals surface area (Å²) in [6, 6.07) is 6.49. The summed E-state index contributed by atoms with van der Waals surface area (Å²) in [5, 5.41) is 8.70. The minimum atomic E-state index is -3.74. The number of nitrogens with zero attached hydrogens (tertiary/aromatic N) is 3. The van der Waals surface area contributed by atoms with Crippen LogP contribution in [0.5, 0.6) is 0 Å². The van der Waals surface area contributed by atoms with Gasteiger partial charge in [-0.1, -0.05) is 0 Å². The predicted octanol–water partition coefficient (Wildman–Crippen LogP) is 1.83. The smallest absolute Gasteiger partial charge is 0.246 e. The van der Waals surface area contributed by atoms with Crippen LogP contribution in [0.25, 0.3) is 0 Å². The molecule has 8 heteroatoms. The Balaban J connectivity index is 2.33. The molecule has 0 saturated carbocycles. The first-order valence-electron chi connectivity index (χ1n) is 5.26. The average Bonchev–Trinajstić information content (AvgIpc) is 2.75. The highest BCUT2D eigenvalue weighted by Crippen LogP contribution is 2.22. The summed E-state index contributed by atoms with van der Waals surface area (Å²) in [4.78, 5) is 8.35. The summed E-state index contributed by atoms with van der Waals surface area (Å²) >= 11 is 0.900. The van der Waals surface area contributed by atoms with Crippen LogP contribution in [0.1, 0.15) is 16.3 Å². The molecule has 6 nitrogen and oxygen atoms in total. The molecule has 19 heavy (non-hydrogen) atoms. The fraction of sp³-hybridized carbons (Fsp3) is 0.182. The molecule has 2 rings (SSSR count). The van der Waals surface area contributed by atoms with Crippen LogP contribution in [0.4, 0.5) is 5.95 Å². The SMILES string of the molecule is Cc1cc(C)nc(NS(=O)(=O)c2ccc(C#N)s2)n1. The van der Waals surface area contributed by atoms with Crippen molar-refractivity contribution in [2.45, 2.75) is 18.1 Å². The number of hydrogen-bond donors (Lipinski definition) is 1. The largest absolute Gasteiger partial charge is 0.273 e. The molecule has 0 radical (unpaired) electrons. The van der Waals surface area contributed by atoms with Crippen molar-refractivity contribution in [1.82, 2.24) is 9.97 Å². The average molecular weight is 294 g/mol. The quantitative estimate of drug-likeness (QED) is 0.931. The van der Waals surface area contributed by atoms with Crippen LogP contribution in [0.2, 0.25) is 0 Å². The highest BCUT2D eigenvalue weighted by Gasteiger charge is 2.18. The van der Waals surface area contributed by atoms with Gasteiger partial charge in [-0.05, 0) is 32.0 Å². The van der Waals surface area contributed by atoms with Crippen molar-refractivity contribution in [2.24, 2.45) is 0 Å². The Kier molecular flexibility index (Phi) is 3.50. The van der Waals surface area contributed by atoms with E-state index in [0.717, 1.165) is 11.3 Å². The van der Waals surface area contributed by atoms with Gasteiger partial charge in [0.15, 0.2) is 0 Å². The molecule has 0 aliphatic heterocycles. The van der Waals surface area contributed by atoms with Gasteiger partial charge in [-0.3, -0.25) is 0 Å². The lowest BCUT2D eigenvalue weighted by Gasteiger charge is -2.05. The lowest BCUT2D eigenvalue weighted by atomic mass is 10.4. The summed E-state index contributed by atoms with van der Waals surface area (Å²) in [5.41, 5.74) is 1.35. The first-order chi connectivity index (χ1) is 8.90. The van der Waals surface area contributed by atoms with Crippen LogP contribution in [-0.4, -0.2) is 18.4 Å². The van der Waals surface area contributed by atoms with E-state index in [1.807, 2.05) is 6.07 Å². The maximum Gasteiger partial charge on any atom is 0.273 e. The Hall–Kier alpha value is -1.98. The van der Waals surface area contributed by atoms with Gasteiger partial charge in [-0.15, -0.1) is 11.3 Å². The molecular formula is C11H10N4O2S2. The van der Waals surface area contributed by atoms with E-state index in [9.17, 15) is 8.42 Å². The third-order valence-corrected chi connectivity index (χ3v) is 4.97. The molecule has 0 bridgehead atoms. The molecule has 0 aliphatic carbocycles. The van der Waals surface area contributed by atoms with E-state index in [2.05, 4.69) is 14.7 Å². The topological polar surface area (TPSA) is 95.7 Å². The van der Waals surface area contributed by atoms with Gasteiger partial charge in [0.1, 0.15) is 15.2 Å². The van der Waals surface area contributed by atoms with Gasteiger partial charge >= 0.3 is 0 Å². The number of aryl methyl sites for hydroxylation is 2. The highest BCUT2D eigenvalue weighted by atomic mass is 32.2. The number of aromatic nitrogens is 2. The fourth-order valence-corrected chi connectivity index (χ4v) is 3.51. The molecule has 0 unspecified atom stereocenters. The molecule has 2 heterocycles. The maximum atomic E-state index is 12.1. The van der Waals surface area contributed by atoms with Crippen LogP contribution in [0, 0.1) is 25.2 Å². The molecule has 0 saturated heterocycles. The van der Waals surface area contributed by atoms with E-state index in [1.54, 1.807) is 19.9 Å². The monoisotopic (exact) mass is 294 g/mol. The molecule has 98 valence electrons. The molecule has 2 aromatic heterocycles. The molecule has 1 N–H and O–H groups in total. The van der Waals surface area contributed by atoms with E-state index in [4.69, 9.17) is 5.26 Å². The third kappa shape index (κ3) is 3.07. The number of sulfonamides is 1. The molecule has 0 fully saturated rings. The van der Waals surface area contributed by atoms with Gasteiger partial charge in [-0.25, -0.2) is 23.1 Å². The zero-order valence-corrected chi connectivity index (χ0v) is 11.8. The van der Waals surface area contributed by atoms with Crippen LogP contribution < -0.4 is 4.72 Å². The Labute approximate surface area is 114 Å². The van der Waals surface area contributed by atoms with Crippen molar-refractivity contribution in [3.63, 3.8) is 0 Å². The maximum absolute atomic E-state index is 12.1.